The minimum atomic E-state index is -1.10. The molecule has 118 valence electrons. The van der Waals surface area contributed by atoms with Crippen LogP contribution in [0.25, 0.3) is 0 Å². The van der Waals surface area contributed by atoms with Gasteiger partial charge in [0.1, 0.15) is 5.76 Å². The Morgan fingerprint density at radius 1 is 1.23 bits per heavy atom. The molecule has 5 nitrogen and oxygen atoms in total. The molecule has 0 radical (unpaired) electrons. The number of ether oxygens (including phenoxy) is 2. The Kier molecular flexibility index (Phi) is 4.69. The number of nitrogens with zero attached hydrogens (tertiary/aromatic N) is 1. The first-order valence-electron chi connectivity index (χ1n) is 6.97. The van der Waals surface area contributed by atoms with Crippen molar-refractivity contribution in [2.45, 2.75) is 24.9 Å². The van der Waals surface area contributed by atoms with E-state index in [-0.39, 0.29) is 0 Å². The van der Waals surface area contributed by atoms with Gasteiger partial charge in [0.05, 0.1) is 29.7 Å². The summed E-state index contributed by atoms with van der Waals surface area (Å²) in [7, 11) is -1.10. The van der Waals surface area contributed by atoms with Gasteiger partial charge in [0.2, 0.25) is 0 Å². The highest BCUT2D eigenvalue weighted by Crippen LogP contribution is 2.38. The van der Waals surface area contributed by atoms with E-state index in [1.807, 2.05) is 13.0 Å². The zero-order valence-corrected chi connectivity index (χ0v) is 13.7. The van der Waals surface area contributed by atoms with Gasteiger partial charge in [0, 0.05) is 29.0 Å². The van der Waals surface area contributed by atoms with E-state index < -0.39 is 10.8 Å². The predicted molar refractivity (Wildman–Crippen MR) is 83.8 cm³/mol. The van der Waals surface area contributed by atoms with Crippen LogP contribution >= 0.6 is 11.6 Å². The van der Waals surface area contributed by atoms with Crippen LogP contribution in [-0.2, 0) is 22.3 Å². The summed E-state index contributed by atoms with van der Waals surface area (Å²) in [5.74, 6) is 2.63. The molecule has 0 bridgehead atoms. The van der Waals surface area contributed by atoms with Gasteiger partial charge in [-0.25, -0.2) is 0 Å². The van der Waals surface area contributed by atoms with Crippen molar-refractivity contribution in [2.75, 3.05) is 13.2 Å². The fourth-order valence-electron chi connectivity index (χ4n) is 2.26. The first-order valence-corrected chi connectivity index (χ1v) is 8.83. The molecule has 7 heteroatoms. The highest BCUT2D eigenvalue weighted by molar-refractivity contribution is 7.83. The third-order valence-corrected chi connectivity index (χ3v) is 4.73. The van der Waals surface area contributed by atoms with Crippen molar-refractivity contribution in [3.05, 3.63) is 40.2 Å². The van der Waals surface area contributed by atoms with Gasteiger partial charge in [-0.15, -0.1) is 0 Å². The first-order chi connectivity index (χ1) is 10.6. The van der Waals surface area contributed by atoms with Crippen molar-refractivity contribution < 1.29 is 18.2 Å². The number of aryl methyl sites for hydroxylation is 1. The molecular formula is C15H16ClNO4S. The maximum absolute atomic E-state index is 12.3. The summed E-state index contributed by atoms with van der Waals surface area (Å²) >= 11 is 6.24. The van der Waals surface area contributed by atoms with Crippen LogP contribution in [0.4, 0.5) is 0 Å². The zero-order valence-electron chi connectivity index (χ0n) is 12.1. The lowest BCUT2D eigenvalue weighted by Crippen LogP contribution is -2.01. The number of hydrogen-bond donors (Lipinski definition) is 0. The highest BCUT2D eigenvalue weighted by Gasteiger charge is 2.17. The molecule has 0 spiro atoms. The smallest absolute Gasteiger partial charge is 0.179 e. The van der Waals surface area contributed by atoms with Crippen LogP contribution < -0.4 is 9.47 Å². The van der Waals surface area contributed by atoms with E-state index in [0.717, 1.165) is 12.0 Å². The van der Waals surface area contributed by atoms with E-state index in [1.54, 1.807) is 12.1 Å². The Labute approximate surface area is 136 Å². The quantitative estimate of drug-likeness (QED) is 0.854. The third-order valence-electron chi connectivity index (χ3n) is 3.18. The van der Waals surface area contributed by atoms with Crippen molar-refractivity contribution >= 4 is 22.4 Å². The minimum Gasteiger partial charge on any atom is -0.489 e. The SMILES string of the molecule is Cc1cc(C[S@](=O)Cc2cc(Cl)c3c(c2)OCCCO3)no1. The summed E-state index contributed by atoms with van der Waals surface area (Å²) in [6.07, 6.45) is 0.817. The number of benzene rings is 1. The number of aromatic nitrogens is 1. The molecule has 2 aromatic rings. The van der Waals surface area contributed by atoms with Crippen LogP contribution in [0.1, 0.15) is 23.4 Å². The van der Waals surface area contributed by atoms with Gasteiger partial charge < -0.3 is 14.0 Å². The third kappa shape index (κ3) is 3.62. The second-order valence-electron chi connectivity index (χ2n) is 5.11. The Morgan fingerprint density at radius 2 is 2.05 bits per heavy atom. The summed E-state index contributed by atoms with van der Waals surface area (Å²) in [6.45, 7) is 2.99. The zero-order chi connectivity index (χ0) is 15.5. The van der Waals surface area contributed by atoms with Crippen LogP contribution in [0.3, 0.4) is 0 Å². The van der Waals surface area contributed by atoms with E-state index in [9.17, 15) is 4.21 Å². The summed E-state index contributed by atoms with van der Waals surface area (Å²) in [4.78, 5) is 0. The average Bonchev–Trinajstić information content (AvgIpc) is 2.72. The predicted octanol–water partition coefficient (Wildman–Crippen LogP) is 3.25. The molecule has 0 N–H and O–H groups in total. The second-order valence-corrected chi connectivity index (χ2v) is 6.98. The van der Waals surface area contributed by atoms with Gasteiger partial charge in [-0.05, 0) is 24.6 Å². The van der Waals surface area contributed by atoms with Gasteiger partial charge in [0.15, 0.2) is 11.5 Å². The molecule has 3 rings (SSSR count). The molecule has 0 saturated carbocycles. The van der Waals surface area contributed by atoms with Gasteiger partial charge in [-0.1, -0.05) is 16.8 Å². The van der Waals surface area contributed by atoms with Gasteiger partial charge >= 0.3 is 0 Å². The van der Waals surface area contributed by atoms with Crippen LogP contribution in [0.2, 0.25) is 5.02 Å². The fraction of sp³-hybridized carbons (Fsp3) is 0.400. The molecule has 1 aliphatic rings. The van der Waals surface area contributed by atoms with Crippen LogP contribution in [0.5, 0.6) is 11.5 Å². The monoisotopic (exact) mass is 341 g/mol. The lowest BCUT2D eigenvalue weighted by Gasteiger charge is -2.11. The normalized spacial score (nSPS) is 15.4. The van der Waals surface area contributed by atoms with Crippen LogP contribution in [0, 0.1) is 6.92 Å². The molecule has 0 saturated heterocycles. The van der Waals surface area contributed by atoms with E-state index in [1.165, 1.54) is 0 Å². The van der Waals surface area contributed by atoms with Crippen molar-refractivity contribution in [3.63, 3.8) is 0 Å². The van der Waals surface area contributed by atoms with Crippen molar-refractivity contribution in [3.8, 4) is 11.5 Å². The molecule has 0 aliphatic carbocycles. The largest absolute Gasteiger partial charge is 0.489 e. The first kappa shape index (κ1) is 15.4. The number of halogens is 1. The number of hydrogen-bond acceptors (Lipinski definition) is 5. The molecule has 0 fully saturated rings. The molecule has 22 heavy (non-hydrogen) atoms. The maximum Gasteiger partial charge on any atom is 0.179 e. The number of fused-ring (bicyclic) bond motifs is 1. The van der Waals surface area contributed by atoms with E-state index in [4.69, 9.17) is 25.6 Å². The molecule has 2 heterocycles. The molecular weight excluding hydrogens is 326 g/mol. The molecule has 1 aromatic heterocycles. The van der Waals surface area contributed by atoms with Gasteiger partial charge in [-0.2, -0.15) is 0 Å². The second kappa shape index (κ2) is 6.71. The average molecular weight is 342 g/mol. The summed E-state index contributed by atoms with van der Waals surface area (Å²) in [6, 6.07) is 5.42. The fourth-order valence-corrected chi connectivity index (χ4v) is 3.65. The maximum atomic E-state index is 12.3. The topological polar surface area (TPSA) is 61.6 Å². The molecule has 1 aliphatic heterocycles. The van der Waals surface area contributed by atoms with Crippen molar-refractivity contribution in [1.29, 1.82) is 0 Å². The van der Waals surface area contributed by atoms with Crippen LogP contribution in [0.15, 0.2) is 22.7 Å². The van der Waals surface area contributed by atoms with E-state index in [0.29, 0.717) is 52.7 Å². The van der Waals surface area contributed by atoms with Crippen LogP contribution in [-0.4, -0.2) is 22.6 Å². The Hall–Kier alpha value is -1.53. The summed E-state index contributed by atoms with van der Waals surface area (Å²) in [5.41, 5.74) is 1.55. The molecule has 0 amide bonds. The Balaban J connectivity index is 1.73. The van der Waals surface area contributed by atoms with Gasteiger partial charge in [0.25, 0.3) is 0 Å². The van der Waals surface area contributed by atoms with E-state index in [2.05, 4.69) is 5.16 Å². The molecule has 1 aromatic carbocycles. The summed E-state index contributed by atoms with van der Waals surface area (Å²) in [5, 5.41) is 4.35. The standard InChI is InChI=1S/C15H16ClNO4S/c1-10-5-12(17-21-10)9-22(18)8-11-6-13(16)15-14(7-11)19-3-2-4-20-15/h5-7H,2-4,8-9H2,1H3/t22-/m1/s1. The minimum absolute atomic E-state index is 0.351. The number of rotatable bonds is 4. The summed E-state index contributed by atoms with van der Waals surface area (Å²) < 4.78 is 28.5. The Bertz CT molecular complexity index is 701. The lowest BCUT2D eigenvalue weighted by molar-refractivity contribution is 0.297. The highest BCUT2D eigenvalue weighted by atomic mass is 35.5. The van der Waals surface area contributed by atoms with Crippen molar-refractivity contribution in [1.82, 2.24) is 5.16 Å². The van der Waals surface area contributed by atoms with Gasteiger partial charge in [-0.3, -0.25) is 4.21 Å². The molecule has 0 unspecified atom stereocenters. The van der Waals surface area contributed by atoms with Crippen molar-refractivity contribution in [2.24, 2.45) is 0 Å². The molecule has 1 atom stereocenters. The Morgan fingerprint density at radius 3 is 2.82 bits per heavy atom. The van der Waals surface area contributed by atoms with E-state index >= 15 is 0 Å². The lowest BCUT2D eigenvalue weighted by atomic mass is 10.2.